The smallest absolute Gasteiger partial charge is 0.326 e. The van der Waals surface area contributed by atoms with Crippen LogP contribution in [0.25, 0.3) is 10.9 Å². The van der Waals surface area contributed by atoms with E-state index in [9.17, 15) is 14.7 Å². The van der Waals surface area contributed by atoms with Crippen molar-refractivity contribution in [1.29, 1.82) is 0 Å². The van der Waals surface area contributed by atoms with E-state index in [4.69, 9.17) is 4.74 Å². The molecule has 0 saturated carbocycles. The van der Waals surface area contributed by atoms with Crippen molar-refractivity contribution in [2.75, 3.05) is 7.11 Å². The number of carboxylic acid groups (broad SMARTS) is 1. The van der Waals surface area contributed by atoms with Gasteiger partial charge in [0.2, 0.25) is 5.91 Å². The molecule has 0 aliphatic heterocycles. The molecular weight excluding hydrogens is 296 g/mol. The maximum Gasteiger partial charge on any atom is 0.326 e. The number of carbonyl (C=O) groups excluding carboxylic acids is 1. The predicted molar refractivity (Wildman–Crippen MR) is 87.5 cm³/mol. The molecule has 6 nitrogen and oxygen atoms in total. The largest absolute Gasteiger partial charge is 0.497 e. The molecule has 2 aromatic rings. The van der Waals surface area contributed by atoms with E-state index in [2.05, 4.69) is 5.32 Å². The van der Waals surface area contributed by atoms with Crippen LogP contribution in [0.1, 0.15) is 20.3 Å². The summed E-state index contributed by atoms with van der Waals surface area (Å²) in [6.45, 7) is 3.80. The first kappa shape index (κ1) is 16.9. The maximum absolute atomic E-state index is 12.2. The highest BCUT2D eigenvalue weighted by atomic mass is 16.5. The Kier molecular flexibility index (Phi) is 5.26. The molecule has 2 unspecified atom stereocenters. The number of hydrogen-bond acceptors (Lipinski definition) is 3. The van der Waals surface area contributed by atoms with Crippen LogP contribution in [-0.2, 0) is 16.1 Å². The van der Waals surface area contributed by atoms with Gasteiger partial charge in [0.1, 0.15) is 18.3 Å². The van der Waals surface area contributed by atoms with E-state index in [0.29, 0.717) is 6.42 Å². The summed E-state index contributed by atoms with van der Waals surface area (Å²) in [5, 5.41) is 12.8. The average molecular weight is 318 g/mol. The summed E-state index contributed by atoms with van der Waals surface area (Å²) in [6.07, 6.45) is 2.49. The van der Waals surface area contributed by atoms with E-state index in [1.807, 2.05) is 44.3 Å². The highest BCUT2D eigenvalue weighted by Crippen LogP contribution is 2.21. The second-order valence-electron chi connectivity index (χ2n) is 5.64. The zero-order valence-electron chi connectivity index (χ0n) is 13.6. The summed E-state index contributed by atoms with van der Waals surface area (Å²) in [4.78, 5) is 23.5. The van der Waals surface area contributed by atoms with Crippen LogP contribution in [0.15, 0.2) is 30.5 Å². The van der Waals surface area contributed by atoms with Crippen molar-refractivity contribution in [2.24, 2.45) is 5.92 Å². The van der Waals surface area contributed by atoms with Gasteiger partial charge in [-0.25, -0.2) is 4.79 Å². The minimum Gasteiger partial charge on any atom is -0.497 e. The molecule has 124 valence electrons. The number of carbonyl (C=O) groups is 2. The lowest BCUT2D eigenvalue weighted by Crippen LogP contribution is -2.46. The average Bonchev–Trinajstić information content (AvgIpc) is 2.93. The third kappa shape index (κ3) is 3.83. The zero-order chi connectivity index (χ0) is 17.0. The molecule has 1 aromatic carbocycles. The van der Waals surface area contributed by atoms with Gasteiger partial charge in [0.15, 0.2) is 0 Å². The number of carboxylic acids is 1. The molecule has 0 aliphatic rings. The molecule has 0 bridgehead atoms. The number of aliphatic carboxylic acids is 1. The van der Waals surface area contributed by atoms with Gasteiger partial charge in [-0.1, -0.05) is 20.3 Å². The lowest BCUT2D eigenvalue weighted by molar-refractivity contribution is -0.143. The van der Waals surface area contributed by atoms with Gasteiger partial charge in [-0.15, -0.1) is 0 Å². The fourth-order valence-electron chi connectivity index (χ4n) is 2.50. The molecule has 23 heavy (non-hydrogen) atoms. The van der Waals surface area contributed by atoms with Crippen LogP contribution in [-0.4, -0.2) is 34.7 Å². The summed E-state index contributed by atoms with van der Waals surface area (Å²) in [5.74, 6) is -0.689. The molecular formula is C17H22N2O4. The van der Waals surface area contributed by atoms with Crippen LogP contribution in [0.2, 0.25) is 0 Å². The van der Waals surface area contributed by atoms with Crippen LogP contribution in [0, 0.1) is 5.92 Å². The maximum atomic E-state index is 12.2. The quantitative estimate of drug-likeness (QED) is 0.820. The van der Waals surface area contributed by atoms with Gasteiger partial charge in [-0.05, 0) is 30.2 Å². The molecule has 1 heterocycles. The fraction of sp³-hybridized carbons (Fsp3) is 0.412. The molecule has 2 atom stereocenters. The van der Waals surface area contributed by atoms with Crippen LogP contribution in [0.3, 0.4) is 0 Å². The third-order valence-corrected chi connectivity index (χ3v) is 4.09. The monoisotopic (exact) mass is 318 g/mol. The first-order valence-corrected chi connectivity index (χ1v) is 7.61. The van der Waals surface area contributed by atoms with Gasteiger partial charge in [-0.3, -0.25) is 4.79 Å². The Bertz CT molecular complexity index is 708. The highest BCUT2D eigenvalue weighted by Gasteiger charge is 2.25. The van der Waals surface area contributed by atoms with E-state index in [-0.39, 0.29) is 18.4 Å². The number of amides is 1. The van der Waals surface area contributed by atoms with Gasteiger partial charge < -0.3 is 19.7 Å². The Morgan fingerprint density at radius 1 is 1.35 bits per heavy atom. The standard InChI is InChI=1S/C17H22N2O4/c1-4-11(2)16(17(21)22)18-15(20)10-19-8-7-12-9-13(23-3)5-6-14(12)19/h5-9,11,16H,4,10H2,1-3H3,(H,18,20)(H,21,22). The molecule has 0 aliphatic carbocycles. The van der Waals surface area contributed by atoms with Gasteiger partial charge in [-0.2, -0.15) is 0 Å². The zero-order valence-corrected chi connectivity index (χ0v) is 13.6. The van der Waals surface area contributed by atoms with Crippen molar-refractivity contribution < 1.29 is 19.4 Å². The minimum atomic E-state index is -1.00. The summed E-state index contributed by atoms with van der Waals surface area (Å²) in [5.41, 5.74) is 0.899. The minimum absolute atomic E-state index is 0.0794. The van der Waals surface area contributed by atoms with Crippen molar-refractivity contribution in [1.82, 2.24) is 9.88 Å². The normalized spacial score (nSPS) is 13.5. The van der Waals surface area contributed by atoms with Crippen LogP contribution >= 0.6 is 0 Å². The van der Waals surface area contributed by atoms with Crippen molar-refractivity contribution in [3.8, 4) is 5.75 Å². The number of aromatic nitrogens is 1. The first-order chi connectivity index (χ1) is 11.0. The predicted octanol–water partition coefficient (Wildman–Crippen LogP) is 2.27. The number of fused-ring (bicyclic) bond motifs is 1. The molecule has 0 saturated heterocycles. The van der Waals surface area contributed by atoms with Crippen LogP contribution < -0.4 is 10.1 Å². The van der Waals surface area contributed by atoms with Crippen molar-refractivity contribution >= 4 is 22.8 Å². The molecule has 2 N–H and O–H groups in total. The summed E-state index contributed by atoms with van der Waals surface area (Å²) in [7, 11) is 1.60. The Balaban J connectivity index is 2.12. The lowest BCUT2D eigenvalue weighted by Gasteiger charge is -2.20. The Morgan fingerprint density at radius 3 is 2.70 bits per heavy atom. The Morgan fingerprint density at radius 2 is 2.09 bits per heavy atom. The van der Waals surface area contributed by atoms with Crippen LogP contribution in [0.4, 0.5) is 0 Å². The van der Waals surface area contributed by atoms with Gasteiger partial charge >= 0.3 is 5.97 Å². The highest BCUT2D eigenvalue weighted by molar-refractivity contribution is 5.86. The second kappa shape index (κ2) is 7.17. The van der Waals surface area contributed by atoms with Crippen LogP contribution in [0.5, 0.6) is 5.75 Å². The molecule has 2 rings (SSSR count). The summed E-state index contributed by atoms with van der Waals surface area (Å²) < 4.78 is 6.97. The number of hydrogen-bond donors (Lipinski definition) is 2. The first-order valence-electron chi connectivity index (χ1n) is 7.61. The summed E-state index contributed by atoms with van der Waals surface area (Å²) >= 11 is 0. The third-order valence-electron chi connectivity index (χ3n) is 4.09. The fourth-order valence-corrected chi connectivity index (χ4v) is 2.50. The molecule has 0 fully saturated rings. The van der Waals surface area contributed by atoms with E-state index >= 15 is 0 Å². The van der Waals surface area contributed by atoms with Gasteiger partial charge in [0.25, 0.3) is 0 Å². The van der Waals surface area contributed by atoms with E-state index in [0.717, 1.165) is 16.7 Å². The second-order valence-corrected chi connectivity index (χ2v) is 5.64. The molecule has 1 aromatic heterocycles. The molecule has 6 heteroatoms. The van der Waals surface area contributed by atoms with Crippen molar-refractivity contribution in [2.45, 2.75) is 32.9 Å². The number of rotatable bonds is 7. The van der Waals surface area contributed by atoms with E-state index in [1.165, 1.54) is 0 Å². The lowest BCUT2D eigenvalue weighted by atomic mass is 9.99. The van der Waals surface area contributed by atoms with Gasteiger partial charge in [0.05, 0.1) is 7.11 Å². The van der Waals surface area contributed by atoms with E-state index < -0.39 is 12.0 Å². The van der Waals surface area contributed by atoms with E-state index in [1.54, 1.807) is 11.7 Å². The summed E-state index contributed by atoms with van der Waals surface area (Å²) in [6, 6.07) is 6.63. The Hall–Kier alpha value is -2.50. The van der Waals surface area contributed by atoms with Gasteiger partial charge in [0, 0.05) is 17.1 Å². The molecule has 0 radical (unpaired) electrons. The number of nitrogens with one attached hydrogen (secondary N) is 1. The number of methoxy groups -OCH3 is 1. The molecule has 1 amide bonds. The van der Waals surface area contributed by atoms with Crippen molar-refractivity contribution in [3.05, 3.63) is 30.5 Å². The number of ether oxygens (including phenoxy) is 1. The topological polar surface area (TPSA) is 80.6 Å². The SMILES string of the molecule is CCC(C)C(NC(=O)Cn1ccc2cc(OC)ccc21)C(=O)O. The Labute approximate surface area is 135 Å². The molecule has 0 spiro atoms. The van der Waals surface area contributed by atoms with Crippen molar-refractivity contribution in [3.63, 3.8) is 0 Å². The number of benzene rings is 1. The number of nitrogens with zero attached hydrogens (tertiary/aromatic N) is 1.